The summed E-state index contributed by atoms with van der Waals surface area (Å²) in [5.74, 6) is 1.21. The summed E-state index contributed by atoms with van der Waals surface area (Å²) in [6.45, 7) is 2.10. The average Bonchev–Trinajstić information content (AvgIpc) is 3.22. The molecule has 3 aromatic rings. The molecule has 1 atom stereocenters. The summed E-state index contributed by atoms with van der Waals surface area (Å²) in [5, 5.41) is 15.9. The van der Waals surface area contributed by atoms with Crippen LogP contribution < -0.4 is 15.4 Å². The van der Waals surface area contributed by atoms with Crippen molar-refractivity contribution in [2.75, 3.05) is 10.6 Å². The first-order valence-electron chi connectivity index (χ1n) is 9.54. The second-order valence-electron chi connectivity index (χ2n) is 7.44. The van der Waals surface area contributed by atoms with E-state index in [1.54, 1.807) is 25.3 Å². The molecule has 2 aliphatic rings. The minimum atomic E-state index is -0.921. The molecule has 158 valence electrons. The second-order valence-corrected chi connectivity index (χ2v) is 8.28. The number of hydrogen-bond donors (Lipinski definition) is 3. The summed E-state index contributed by atoms with van der Waals surface area (Å²) in [7, 11) is 0. The van der Waals surface area contributed by atoms with Gasteiger partial charge in [0.25, 0.3) is 0 Å². The summed E-state index contributed by atoms with van der Waals surface area (Å²) < 4.78 is 22.0. The maximum Gasteiger partial charge on any atom is 0.229 e. The molecular formula is C21H18ClFN6O2. The Balaban J connectivity index is 1.39. The molecule has 0 radical (unpaired) electrons. The number of aliphatic hydroxyl groups is 1. The smallest absolute Gasteiger partial charge is 0.229 e. The predicted molar refractivity (Wildman–Crippen MR) is 114 cm³/mol. The van der Waals surface area contributed by atoms with E-state index in [4.69, 9.17) is 16.3 Å². The molecule has 3 N–H and O–H groups in total. The highest BCUT2D eigenvalue weighted by atomic mass is 35.5. The third-order valence-corrected chi connectivity index (χ3v) is 5.40. The molecule has 1 aliphatic carbocycles. The molecule has 31 heavy (non-hydrogen) atoms. The topological polar surface area (TPSA) is 97.1 Å². The highest BCUT2D eigenvalue weighted by Gasteiger charge is 2.30. The van der Waals surface area contributed by atoms with E-state index >= 15 is 0 Å². The Kier molecular flexibility index (Phi) is 4.55. The van der Waals surface area contributed by atoms with Gasteiger partial charge in [-0.25, -0.2) is 14.4 Å². The third kappa shape index (κ3) is 3.68. The zero-order valence-electron chi connectivity index (χ0n) is 16.4. The molecule has 0 bridgehead atoms. The van der Waals surface area contributed by atoms with Gasteiger partial charge >= 0.3 is 0 Å². The van der Waals surface area contributed by atoms with E-state index in [1.165, 1.54) is 6.08 Å². The Hall–Kier alpha value is -3.59. The van der Waals surface area contributed by atoms with E-state index < -0.39 is 10.7 Å². The Morgan fingerprint density at radius 1 is 1.26 bits per heavy atom. The zero-order chi connectivity index (χ0) is 21.6. The second kappa shape index (κ2) is 7.28. The highest BCUT2D eigenvalue weighted by molar-refractivity contribution is 6.25. The van der Waals surface area contributed by atoms with Crippen LogP contribution in [0.1, 0.15) is 19.2 Å². The molecule has 2 aromatic heterocycles. The molecule has 5 rings (SSSR count). The van der Waals surface area contributed by atoms with Gasteiger partial charge in [-0.1, -0.05) is 0 Å². The molecule has 0 saturated carbocycles. The Morgan fingerprint density at radius 3 is 2.97 bits per heavy atom. The number of nitrogens with zero attached hydrogens (tertiary/aromatic N) is 4. The molecular weight excluding hydrogens is 423 g/mol. The van der Waals surface area contributed by atoms with Gasteiger partial charge in [0.2, 0.25) is 5.95 Å². The van der Waals surface area contributed by atoms with Crippen molar-refractivity contribution in [2.45, 2.75) is 24.8 Å². The lowest BCUT2D eigenvalue weighted by Gasteiger charge is -2.26. The molecule has 3 heterocycles. The summed E-state index contributed by atoms with van der Waals surface area (Å²) in [4.78, 5) is 11.6. The number of rotatable bonds is 4. The van der Waals surface area contributed by atoms with Crippen LogP contribution in [0.3, 0.4) is 0 Å². The fourth-order valence-electron chi connectivity index (χ4n) is 3.45. The van der Waals surface area contributed by atoms with Gasteiger partial charge < -0.3 is 20.5 Å². The molecule has 8 nitrogen and oxygen atoms in total. The fourth-order valence-corrected chi connectivity index (χ4v) is 3.66. The van der Waals surface area contributed by atoms with Gasteiger partial charge in [-0.2, -0.15) is 4.98 Å². The maximum absolute atomic E-state index is 14.4. The van der Waals surface area contributed by atoms with E-state index in [1.807, 2.05) is 22.9 Å². The third-order valence-electron chi connectivity index (χ3n) is 5.07. The predicted octanol–water partition coefficient (Wildman–Crippen LogP) is 4.58. The van der Waals surface area contributed by atoms with Gasteiger partial charge in [0, 0.05) is 30.2 Å². The van der Waals surface area contributed by atoms with Crippen LogP contribution in [0, 0.1) is 5.82 Å². The van der Waals surface area contributed by atoms with Gasteiger partial charge in [-0.15, -0.1) is 11.6 Å². The van der Waals surface area contributed by atoms with Crippen LogP contribution in [0.25, 0.3) is 5.69 Å². The first-order chi connectivity index (χ1) is 14.9. The Bertz CT molecular complexity index is 1240. The molecule has 0 amide bonds. The number of aromatic nitrogens is 4. The van der Waals surface area contributed by atoms with Crippen LogP contribution in [0.4, 0.5) is 21.8 Å². The number of aliphatic hydroxyl groups excluding tert-OH is 1. The quantitative estimate of drug-likeness (QED) is 0.511. The Labute approximate surface area is 182 Å². The van der Waals surface area contributed by atoms with Crippen molar-refractivity contribution in [1.29, 1.82) is 0 Å². The maximum atomic E-state index is 14.4. The van der Waals surface area contributed by atoms with Crippen molar-refractivity contribution >= 4 is 29.1 Å². The number of imidazole rings is 1. The standard InChI is InChI=1S/C21H18ClFN6O2/c1-21(22)9-13(3-5-17(21)30)27-20-25-10-14(23)19(28-20)26-12-2-4-16-15(8-12)29-7-6-24-18(29)11-31-16/h2-8,10,30H,9,11H2,1H3,(H2,25,26,27,28). The lowest BCUT2D eigenvalue weighted by molar-refractivity contribution is 0.280. The van der Waals surface area contributed by atoms with E-state index in [0.29, 0.717) is 30.2 Å². The molecule has 1 aliphatic heterocycles. The van der Waals surface area contributed by atoms with Crippen LogP contribution in [-0.2, 0) is 6.61 Å². The molecule has 10 heteroatoms. The van der Waals surface area contributed by atoms with Crippen molar-refractivity contribution in [2.24, 2.45) is 0 Å². The SMILES string of the molecule is CC1(Cl)CC(Nc2ncc(F)c(Nc3ccc4c(c3)-n3ccnc3CO4)n2)=CC=C1O. The Morgan fingerprint density at radius 2 is 2.13 bits per heavy atom. The molecule has 1 aromatic carbocycles. The summed E-state index contributed by atoms with van der Waals surface area (Å²) in [6, 6.07) is 5.43. The number of nitrogens with one attached hydrogen (secondary N) is 2. The minimum Gasteiger partial charge on any atom is -0.510 e. The van der Waals surface area contributed by atoms with Gasteiger partial charge in [0.1, 0.15) is 23.0 Å². The van der Waals surface area contributed by atoms with E-state index in [9.17, 15) is 9.50 Å². The van der Waals surface area contributed by atoms with Gasteiger partial charge in [-0.3, -0.25) is 4.57 Å². The zero-order valence-corrected chi connectivity index (χ0v) is 17.2. The number of allylic oxidation sites excluding steroid dienone is 4. The van der Waals surface area contributed by atoms with Crippen molar-refractivity contribution in [1.82, 2.24) is 19.5 Å². The molecule has 0 saturated heterocycles. The van der Waals surface area contributed by atoms with Crippen LogP contribution in [0.15, 0.2) is 60.4 Å². The number of alkyl halides is 1. The monoisotopic (exact) mass is 440 g/mol. The number of halogens is 2. The van der Waals surface area contributed by atoms with Crippen LogP contribution in [0.5, 0.6) is 5.75 Å². The van der Waals surface area contributed by atoms with Crippen molar-refractivity contribution in [3.8, 4) is 11.4 Å². The van der Waals surface area contributed by atoms with Crippen molar-refractivity contribution in [3.63, 3.8) is 0 Å². The molecule has 0 fully saturated rings. The number of fused-ring (bicyclic) bond motifs is 3. The first kappa shape index (κ1) is 19.4. The van der Waals surface area contributed by atoms with Gasteiger partial charge in [0.05, 0.1) is 11.9 Å². The first-order valence-corrected chi connectivity index (χ1v) is 9.92. The van der Waals surface area contributed by atoms with E-state index in [2.05, 4.69) is 25.6 Å². The number of benzene rings is 1. The highest BCUT2D eigenvalue weighted by Crippen LogP contribution is 2.35. The summed E-state index contributed by atoms with van der Waals surface area (Å²) in [6.07, 6.45) is 8.19. The van der Waals surface area contributed by atoms with E-state index in [-0.39, 0.29) is 17.5 Å². The molecule has 1 unspecified atom stereocenters. The van der Waals surface area contributed by atoms with Crippen molar-refractivity contribution in [3.05, 3.63) is 72.0 Å². The lowest BCUT2D eigenvalue weighted by atomic mass is 9.97. The van der Waals surface area contributed by atoms with Crippen LogP contribution in [-0.4, -0.2) is 29.5 Å². The van der Waals surface area contributed by atoms with Gasteiger partial charge in [-0.05, 0) is 37.3 Å². The minimum absolute atomic E-state index is 0.0171. The van der Waals surface area contributed by atoms with E-state index in [0.717, 1.165) is 17.7 Å². The normalized spacial score (nSPS) is 19.5. The number of hydrogen-bond acceptors (Lipinski definition) is 7. The van der Waals surface area contributed by atoms with Gasteiger partial charge in [0.15, 0.2) is 17.5 Å². The molecule has 0 spiro atoms. The lowest BCUT2D eigenvalue weighted by Crippen LogP contribution is -2.25. The van der Waals surface area contributed by atoms with Crippen LogP contribution in [0.2, 0.25) is 0 Å². The van der Waals surface area contributed by atoms with Crippen molar-refractivity contribution < 1.29 is 14.2 Å². The summed E-state index contributed by atoms with van der Waals surface area (Å²) in [5.41, 5.74) is 2.13. The van der Waals surface area contributed by atoms with Crippen LogP contribution >= 0.6 is 11.6 Å². The largest absolute Gasteiger partial charge is 0.510 e. The summed E-state index contributed by atoms with van der Waals surface area (Å²) >= 11 is 6.30. The number of anilines is 3. The fraction of sp³-hybridized carbons (Fsp3) is 0.190. The number of ether oxygens (including phenoxy) is 1. The average molecular weight is 441 g/mol.